The van der Waals surface area contributed by atoms with Crippen LogP contribution in [0.1, 0.15) is 43.4 Å². The lowest BCUT2D eigenvalue weighted by Crippen LogP contribution is -2.41. The van der Waals surface area contributed by atoms with Gasteiger partial charge in [-0.2, -0.15) is 23.1 Å². The second-order valence-electron chi connectivity index (χ2n) is 10.9. The van der Waals surface area contributed by atoms with E-state index < -0.39 is 12.3 Å². The molecule has 4 N–H and O–H groups in total. The van der Waals surface area contributed by atoms with Gasteiger partial charge < -0.3 is 30.5 Å². The Morgan fingerprint density at radius 1 is 1.21 bits per heavy atom. The SMILES string of the molecule is CCOC(=O)C1CC2(CCN(c3cc(O[C@H](c4ccc(Cl)cc4-c4cccc(CO)c4)C(F)(F)F)nc(N)n3)CC2)CN1. The van der Waals surface area contributed by atoms with Crippen LogP contribution in [0.5, 0.6) is 5.88 Å². The molecule has 3 heterocycles. The maximum atomic E-state index is 14.6. The summed E-state index contributed by atoms with van der Waals surface area (Å²) < 4.78 is 54.4. The third-order valence-corrected chi connectivity index (χ3v) is 8.28. The first-order valence-electron chi connectivity index (χ1n) is 14.0. The van der Waals surface area contributed by atoms with Gasteiger partial charge in [-0.25, -0.2) is 0 Å². The summed E-state index contributed by atoms with van der Waals surface area (Å²) in [6, 6.07) is 11.6. The molecule has 1 aromatic heterocycles. The van der Waals surface area contributed by atoms with Crippen LogP contribution in [0.3, 0.4) is 0 Å². The van der Waals surface area contributed by atoms with E-state index in [9.17, 15) is 23.1 Å². The maximum Gasteiger partial charge on any atom is 0.429 e. The van der Waals surface area contributed by atoms with E-state index in [1.807, 2.05) is 4.90 Å². The number of esters is 1. The Bertz CT molecular complexity index is 1470. The largest absolute Gasteiger partial charge is 0.465 e. The van der Waals surface area contributed by atoms with Gasteiger partial charge in [0.15, 0.2) is 0 Å². The van der Waals surface area contributed by atoms with Crippen LogP contribution >= 0.6 is 11.6 Å². The highest BCUT2D eigenvalue weighted by Crippen LogP contribution is 2.43. The summed E-state index contributed by atoms with van der Waals surface area (Å²) in [5, 5.41) is 13.1. The topological polar surface area (TPSA) is 123 Å². The number of aromatic nitrogens is 2. The standard InChI is InChI=1S/C30H33ClF3N5O4/c1-2-42-27(41)23-15-29(17-36-23)8-10-39(11-9-29)24-14-25(38-28(35)37-24)43-26(30(32,33)34)21-7-6-20(31)13-22(21)19-5-3-4-18(12-19)16-40/h3-7,12-14,23,26,36,40H,2,8-11,15-17H2,1H3,(H2,35,37,38)/t23?,26-/m1/s1. The zero-order valence-electron chi connectivity index (χ0n) is 23.5. The van der Waals surface area contributed by atoms with Crippen molar-refractivity contribution < 1.29 is 32.5 Å². The molecule has 2 atom stereocenters. The van der Waals surface area contributed by atoms with Crippen LogP contribution < -0.4 is 20.7 Å². The third-order valence-electron chi connectivity index (χ3n) is 8.04. The monoisotopic (exact) mass is 619 g/mol. The fourth-order valence-electron chi connectivity index (χ4n) is 5.84. The first-order chi connectivity index (χ1) is 20.5. The number of halogens is 4. The van der Waals surface area contributed by atoms with Crippen LogP contribution in [-0.4, -0.2) is 59.5 Å². The molecule has 2 aromatic carbocycles. The number of carbonyl (C=O) groups is 1. The quantitative estimate of drug-likeness (QED) is 0.297. The van der Waals surface area contributed by atoms with Crippen LogP contribution in [0.4, 0.5) is 24.9 Å². The summed E-state index contributed by atoms with van der Waals surface area (Å²) in [7, 11) is 0. The number of rotatable bonds is 8. The van der Waals surface area contributed by atoms with Gasteiger partial charge in [-0.15, -0.1) is 0 Å². The number of hydrogen-bond donors (Lipinski definition) is 3. The Morgan fingerprint density at radius 3 is 2.67 bits per heavy atom. The number of nitrogens with two attached hydrogens (primary N) is 1. The van der Waals surface area contributed by atoms with E-state index in [-0.39, 0.29) is 52.0 Å². The number of carbonyl (C=O) groups excluding carboxylic acids is 1. The van der Waals surface area contributed by atoms with Crippen molar-refractivity contribution in [1.82, 2.24) is 15.3 Å². The fraction of sp³-hybridized carbons (Fsp3) is 0.433. The molecule has 2 saturated heterocycles. The number of nitrogen functional groups attached to an aromatic ring is 1. The van der Waals surface area contributed by atoms with Crippen LogP contribution in [0.25, 0.3) is 11.1 Å². The predicted octanol–water partition coefficient (Wildman–Crippen LogP) is 5.07. The number of aliphatic hydroxyl groups is 1. The van der Waals surface area contributed by atoms with Gasteiger partial charge in [-0.05, 0) is 66.5 Å². The highest BCUT2D eigenvalue weighted by Gasteiger charge is 2.46. The Hall–Kier alpha value is -3.61. The molecule has 0 bridgehead atoms. The zero-order valence-corrected chi connectivity index (χ0v) is 24.3. The molecule has 0 aliphatic carbocycles. The van der Waals surface area contributed by atoms with E-state index in [4.69, 9.17) is 26.8 Å². The third kappa shape index (κ3) is 6.97. The molecule has 1 spiro atoms. The Labute approximate surface area is 252 Å². The molecule has 9 nitrogen and oxygen atoms in total. The molecule has 5 rings (SSSR count). The summed E-state index contributed by atoms with van der Waals surface area (Å²) in [5.74, 6) is -0.430. The Morgan fingerprint density at radius 2 is 1.98 bits per heavy atom. The van der Waals surface area contributed by atoms with Crippen LogP contribution in [0.2, 0.25) is 5.02 Å². The lowest BCUT2D eigenvalue weighted by Gasteiger charge is -2.39. The molecule has 2 aliphatic rings. The second kappa shape index (κ2) is 12.6. The van der Waals surface area contributed by atoms with Gasteiger partial charge in [0.1, 0.15) is 11.9 Å². The molecular weight excluding hydrogens is 587 g/mol. The van der Waals surface area contributed by atoms with Gasteiger partial charge in [-0.3, -0.25) is 4.79 Å². The van der Waals surface area contributed by atoms with E-state index in [0.717, 1.165) is 12.8 Å². The molecule has 2 aliphatic heterocycles. The molecule has 13 heteroatoms. The number of aliphatic hydroxyl groups excluding tert-OH is 1. The maximum absolute atomic E-state index is 14.6. The van der Waals surface area contributed by atoms with Gasteiger partial charge in [0, 0.05) is 36.3 Å². The molecule has 1 unspecified atom stereocenters. The van der Waals surface area contributed by atoms with Gasteiger partial charge in [0.05, 0.1) is 13.2 Å². The van der Waals surface area contributed by atoms with E-state index in [1.54, 1.807) is 31.2 Å². The van der Waals surface area contributed by atoms with Gasteiger partial charge in [-0.1, -0.05) is 35.9 Å². The van der Waals surface area contributed by atoms with Crippen LogP contribution in [0, 0.1) is 5.41 Å². The van der Waals surface area contributed by atoms with Crippen molar-refractivity contribution in [3.8, 4) is 17.0 Å². The Kier molecular flexibility index (Phi) is 9.00. The normalized spacial score (nSPS) is 18.9. The highest BCUT2D eigenvalue weighted by molar-refractivity contribution is 6.30. The number of hydrogen-bond acceptors (Lipinski definition) is 9. The summed E-state index contributed by atoms with van der Waals surface area (Å²) >= 11 is 6.19. The first-order valence-corrected chi connectivity index (χ1v) is 14.4. The first kappa shape index (κ1) is 30.8. The van der Waals surface area contributed by atoms with Gasteiger partial charge in [0.2, 0.25) is 17.9 Å². The van der Waals surface area contributed by atoms with Crippen molar-refractivity contribution in [3.05, 3.63) is 64.7 Å². The van der Waals surface area contributed by atoms with Crippen molar-refractivity contribution in [2.45, 2.75) is 51.1 Å². The van der Waals surface area contributed by atoms with Gasteiger partial charge >= 0.3 is 12.1 Å². The molecule has 0 saturated carbocycles. The highest BCUT2D eigenvalue weighted by atomic mass is 35.5. The van der Waals surface area contributed by atoms with E-state index in [0.29, 0.717) is 49.6 Å². The number of nitrogens with one attached hydrogen (secondary N) is 1. The average molecular weight is 620 g/mol. The van der Waals surface area contributed by atoms with Crippen LogP contribution in [0.15, 0.2) is 48.5 Å². The number of ether oxygens (including phenoxy) is 2. The van der Waals surface area contributed by atoms with E-state index >= 15 is 0 Å². The second-order valence-corrected chi connectivity index (χ2v) is 11.4. The summed E-state index contributed by atoms with van der Waals surface area (Å²) in [6.07, 6.45) is -5.05. The molecule has 2 fully saturated rings. The molecule has 0 amide bonds. The van der Waals surface area contributed by atoms with E-state index in [1.165, 1.54) is 24.3 Å². The average Bonchev–Trinajstić information content (AvgIpc) is 3.39. The van der Waals surface area contributed by atoms with Crippen LogP contribution in [-0.2, 0) is 16.1 Å². The number of anilines is 2. The number of benzene rings is 2. The van der Waals surface area contributed by atoms with Crippen molar-refractivity contribution in [3.63, 3.8) is 0 Å². The molecule has 230 valence electrons. The number of piperidine rings is 1. The number of nitrogens with zero attached hydrogens (tertiary/aromatic N) is 3. The van der Waals surface area contributed by atoms with Crippen molar-refractivity contribution in [1.29, 1.82) is 0 Å². The minimum Gasteiger partial charge on any atom is -0.465 e. The van der Waals surface area contributed by atoms with Gasteiger partial charge in [0.25, 0.3) is 0 Å². The predicted molar refractivity (Wildman–Crippen MR) is 156 cm³/mol. The summed E-state index contributed by atoms with van der Waals surface area (Å²) in [5.41, 5.74) is 6.88. The molecular formula is C30H33ClF3N5O4. The Balaban J connectivity index is 1.38. The summed E-state index contributed by atoms with van der Waals surface area (Å²) in [4.78, 5) is 22.4. The molecule has 3 aromatic rings. The fourth-order valence-corrected chi connectivity index (χ4v) is 6.01. The van der Waals surface area contributed by atoms with Crippen molar-refractivity contribution in [2.75, 3.05) is 36.9 Å². The zero-order chi connectivity index (χ0) is 30.8. The minimum atomic E-state index is -4.82. The molecule has 43 heavy (non-hydrogen) atoms. The molecule has 0 radical (unpaired) electrons. The van der Waals surface area contributed by atoms with Crippen molar-refractivity contribution >= 4 is 29.3 Å². The van der Waals surface area contributed by atoms with E-state index in [2.05, 4.69) is 15.3 Å². The lowest BCUT2D eigenvalue weighted by molar-refractivity contribution is -0.198. The lowest BCUT2D eigenvalue weighted by atomic mass is 9.76. The van der Waals surface area contributed by atoms with Crippen molar-refractivity contribution in [2.24, 2.45) is 5.41 Å². The minimum absolute atomic E-state index is 0.0779. The summed E-state index contributed by atoms with van der Waals surface area (Å²) in [6.45, 7) is 3.64. The number of alkyl halides is 3. The smallest absolute Gasteiger partial charge is 0.429 e.